The quantitative estimate of drug-likeness (QED) is 0.251. The Morgan fingerprint density at radius 2 is 1.85 bits per heavy atom. The number of hydrogen-bond acceptors (Lipinski definition) is 11. The van der Waals surface area contributed by atoms with Gasteiger partial charge in [-0.05, 0) is 67.3 Å². The molecule has 3 aromatic rings. The Morgan fingerprint density at radius 1 is 1.10 bits per heavy atom. The van der Waals surface area contributed by atoms with E-state index in [2.05, 4.69) is 26.6 Å². The number of hydrogen-bond donors (Lipinski definition) is 2. The molecule has 1 unspecified atom stereocenters. The van der Waals surface area contributed by atoms with Crippen LogP contribution in [0.25, 0.3) is 10.8 Å². The molecule has 3 heterocycles. The molecule has 15 heteroatoms. The molecular weight excluding hydrogens is 689 g/mol. The molecule has 2 N–H and O–H groups in total. The molecule has 3 fully saturated rings. The van der Waals surface area contributed by atoms with Gasteiger partial charge in [0.25, 0.3) is 11.8 Å². The van der Waals surface area contributed by atoms with Crippen LogP contribution in [0.15, 0.2) is 61.4 Å². The third kappa shape index (κ3) is 7.10. The number of carbonyl (C=O) groups is 3. The lowest BCUT2D eigenvalue weighted by molar-refractivity contribution is -0.141. The number of rotatable bonds is 12. The van der Waals surface area contributed by atoms with Gasteiger partial charge in [-0.1, -0.05) is 26.8 Å². The van der Waals surface area contributed by atoms with Gasteiger partial charge < -0.3 is 24.4 Å². The molecule has 1 aliphatic heterocycles. The molecule has 1 saturated heterocycles. The molecule has 0 bridgehead atoms. The van der Waals surface area contributed by atoms with Crippen LogP contribution in [-0.4, -0.2) is 95.8 Å². The zero-order chi connectivity index (χ0) is 37.6. The van der Waals surface area contributed by atoms with Gasteiger partial charge in [0, 0.05) is 36.0 Å². The summed E-state index contributed by atoms with van der Waals surface area (Å²) in [6.07, 6.45) is 5.44. The zero-order valence-corrected chi connectivity index (χ0v) is 31.1. The number of methoxy groups -OCH3 is 2. The number of benzene rings is 1. The maximum Gasteiger partial charge on any atom is 0.328 e. The molecule has 5 atom stereocenters. The van der Waals surface area contributed by atoms with Crippen LogP contribution in [0.3, 0.4) is 0 Å². The first-order valence-electron chi connectivity index (χ1n) is 17.3. The SMILES string of the molecule is C=C[C@@H]1C[C@@]1(C(=O)NS(=O)(=O)C1CC1)N(C(=O)[C@@H](Nc1ccc(OC)nc1)C(C)(C)C)C(=O)N1C[C@H](Oc2nccc3cc(OC)ccc23)CC1C. The molecule has 14 nitrogen and oxygen atoms in total. The van der Waals surface area contributed by atoms with Crippen LogP contribution in [0, 0.1) is 11.3 Å². The molecule has 0 spiro atoms. The molecule has 4 amide bonds. The fourth-order valence-corrected chi connectivity index (χ4v) is 8.17. The Hall–Kier alpha value is -4.92. The van der Waals surface area contributed by atoms with Crippen LogP contribution >= 0.6 is 0 Å². The Morgan fingerprint density at radius 3 is 2.44 bits per heavy atom. The normalized spacial score (nSPS) is 23.3. The average molecular weight is 735 g/mol. The van der Waals surface area contributed by atoms with Crippen molar-refractivity contribution in [3.8, 4) is 17.5 Å². The first-order chi connectivity index (χ1) is 24.6. The van der Waals surface area contributed by atoms with Gasteiger partial charge in [-0.15, -0.1) is 6.58 Å². The topological polar surface area (TPSA) is 169 Å². The molecular formula is C37H46N6O8S. The molecule has 0 radical (unpaired) electrons. The molecule has 6 rings (SSSR count). The Balaban J connectivity index is 1.35. The minimum atomic E-state index is -4.01. The monoisotopic (exact) mass is 734 g/mol. The predicted molar refractivity (Wildman–Crippen MR) is 195 cm³/mol. The highest BCUT2D eigenvalue weighted by Crippen LogP contribution is 2.51. The first-order valence-corrected chi connectivity index (χ1v) is 18.9. The van der Waals surface area contributed by atoms with Gasteiger partial charge in [-0.2, -0.15) is 0 Å². The van der Waals surface area contributed by atoms with E-state index in [4.69, 9.17) is 14.2 Å². The summed E-state index contributed by atoms with van der Waals surface area (Å²) in [5.41, 5.74) is -2.14. The number of anilines is 1. The van der Waals surface area contributed by atoms with E-state index in [1.165, 1.54) is 24.3 Å². The molecule has 3 aliphatic rings. The van der Waals surface area contributed by atoms with Gasteiger partial charge in [0.15, 0.2) is 0 Å². The summed E-state index contributed by atoms with van der Waals surface area (Å²) in [5, 5.41) is 4.17. The van der Waals surface area contributed by atoms with E-state index >= 15 is 4.79 Å². The maximum absolute atomic E-state index is 15.0. The highest BCUT2D eigenvalue weighted by Gasteiger charge is 2.68. The van der Waals surface area contributed by atoms with Crippen molar-refractivity contribution in [1.29, 1.82) is 0 Å². The van der Waals surface area contributed by atoms with Crippen molar-refractivity contribution in [2.45, 2.75) is 82.4 Å². The number of carbonyl (C=O) groups excluding carboxylic acids is 3. The van der Waals surface area contributed by atoms with Crippen molar-refractivity contribution in [3.63, 3.8) is 0 Å². The van der Waals surface area contributed by atoms with E-state index in [-0.39, 0.29) is 13.0 Å². The third-order valence-corrected chi connectivity index (χ3v) is 11.9. The van der Waals surface area contributed by atoms with Gasteiger partial charge in [0.1, 0.15) is 23.4 Å². The van der Waals surface area contributed by atoms with Crippen LogP contribution in [0.4, 0.5) is 10.5 Å². The number of likely N-dealkylation sites (tertiary alicyclic amines) is 1. The smallest absolute Gasteiger partial charge is 0.328 e. The fourth-order valence-electron chi connectivity index (χ4n) is 6.82. The van der Waals surface area contributed by atoms with Crippen molar-refractivity contribution >= 4 is 44.3 Å². The average Bonchev–Trinajstić information content (AvgIpc) is 4.04. The number of sulfonamides is 1. The molecule has 2 aromatic heterocycles. The summed E-state index contributed by atoms with van der Waals surface area (Å²) in [4.78, 5) is 55.3. The summed E-state index contributed by atoms with van der Waals surface area (Å²) in [6.45, 7) is 11.3. The molecule has 52 heavy (non-hydrogen) atoms. The van der Waals surface area contributed by atoms with Crippen molar-refractivity contribution in [2.24, 2.45) is 11.3 Å². The second-order valence-electron chi connectivity index (χ2n) is 14.8. The minimum Gasteiger partial charge on any atom is -0.497 e. The van der Waals surface area contributed by atoms with Crippen molar-refractivity contribution in [2.75, 3.05) is 26.1 Å². The number of fused-ring (bicyclic) bond motifs is 1. The lowest BCUT2D eigenvalue weighted by Gasteiger charge is -2.40. The van der Waals surface area contributed by atoms with E-state index < -0.39 is 68.2 Å². The predicted octanol–water partition coefficient (Wildman–Crippen LogP) is 4.52. The Kier molecular flexibility index (Phi) is 9.85. The number of aromatic nitrogens is 2. The summed E-state index contributed by atoms with van der Waals surface area (Å²) in [7, 11) is -0.930. The van der Waals surface area contributed by atoms with Crippen molar-refractivity contribution < 1.29 is 37.0 Å². The van der Waals surface area contributed by atoms with E-state index in [0.717, 1.165) is 15.7 Å². The summed E-state index contributed by atoms with van der Waals surface area (Å²) in [5.74, 6) is -0.858. The van der Waals surface area contributed by atoms with Crippen LogP contribution in [0.2, 0.25) is 0 Å². The number of imide groups is 1. The fraction of sp³-hybridized carbons (Fsp3) is 0.486. The van der Waals surface area contributed by atoms with Gasteiger partial charge in [-0.25, -0.2) is 28.1 Å². The van der Waals surface area contributed by atoms with Crippen LogP contribution in [0.5, 0.6) is 17.5 Å². The second-order valence-corrected chi connectivity index (χ2v) is 16.8. The van der Waals surface area contributed by atoms with E-state index in [1.54, 1.807) is 25.4 Å². The van der Waals surface area contributed by atoms with E-state index in [9.17, 15) is 18.0 Å². The Labute approximate surface area is 304 Å². The van der Waals surface area contributed by atoms with Crippen molar-refractivity contribution in [3.05, 3.63) is 61.4 Å². The van der Waals surface area contributed by atoms with E-state index in [1.807, 2.05) is 52.0 Å². The maximum atomic E-state index is 15.0. The lowest BCUT2D eigenvalue weighted by Crippen LogP contribution is -2.64. The highest BCUT2D eigenvalue weighted by molar-refractivity contribution is 7.91. The standard InChI is InChI=1S/C37H46N6O8S/c1-8-24-19-37(24,34(45)41-52(47,48)28-11-12-28)43(33(44)31(36(3,4)5)40-25-9-14-30(50-7)39-20-25)35(46)42-21-27(17-22(42)2)51-32-29-13-10-26(49-6)18-23(29)15-16-38-32/h8-10,13-16,18,20,22,24,27-28,31,40H,1,11-12,17,19,21H2,2-7H3,(H,41,45)/t22?,24-,27-,31-,37-/m1/s1. The minimum absolute atomic E-state index is 0.0203. The van der Waals surface area contributed by atoms with Gasteiger partial charge in [-0.3, -0.25) is 14.3 Å². The van der Waals surface area contributed by atoms with Gasteiger partial charge >= 0.3 is 6.03 Å². The van der Waals surface area contributed by atoms with E-state index in [0.29, 0.717) is 42.5 Å². The third-order valence-electron chi connectivity index (χ3n) is 10.0. The van der Waals surface area contributed by atoms with Crippen LogP contribution in [-0.2, 0) is 19.6 Å². The zero-order valence-electron chi connectivity index (χ0n) is 30.3. The first kappa shape index (κ1) is 36.9. The highest BCUT2D eigenvalue weighted by atomic mass is 32.2. The number of urea groups is 1. The van der Waals surface area contributed by atoms with Crippen LogP contribution < -0.4 is 24.2 Å². The largest absolute Gasteiger partial charge is 0.497 e. The van der Waals surface area contributed by atoms with Gasteiger partial charge in [0.2, 0.25) is 21.8 Å². The number of amides is 4. The Bertz CT molecular complexity index is 1980. The van der Waals surface area contributed by atoms with Crippen molar-refractivity contribution in [1.82, 2.24) is 24.5 Å². The molecule has 2 saturated carbocycles. The summed E-state index contributed by atoms with van der Waals surface area (Å²) < 4.78 is 45.3. The second kappa shape index (κ2) is 13.9. The van der Waals surface area contributed by atoms with Crippen LogP contribution in [0.1, 0.15) is 53.4 Å². The van der Waals surface area contributed by atoms with Gasteiger partial charge in [0.05, 0.1) is 37.9 Å². The number of nitrogens with one attached hydrogen (secondary N) is 2. The molecule has 2 aliphatic carbocycles. The number of nitrogens with zero attached hydrogens (tertiary/aromatic N) is 4. The molecule has 1 aromatic carbocycles. The lowest BCUT2D eigenvalue weighted by atomic mass is 9.85. The summed E-state index contributed by atoms with van der Waals surface area (Å²) >= 11 is 0. The molecule has 278 valence electrons. The summed E-state index contributed by atoms with van der Waals surface area (Å²) in [6, 6.07) is 8.53. The number of pyridine rings is 2. The number of ether oxygens (including phenoxy) is 3.